The van der Waals surface area contributed by atoms with Gasteiger partial charge < -0.3 is 5.73 Å². The van der Waals surface area contributed by atoms with Crippen molar-refractivity contribution in [3.8, 4) is 0 Å². The van der Waals surface area contributed by atoms with Crippen LogP contribution >= 0.6 is 0 Å². The highest BCUT2D eigenvalue weighted by Crippen LogP contribution is 2.27. The highest BCUT2D eigenvalue weighted by Gasteiger charge is 2.26. The van der Waals surface area contributed by atoms with Gasteiger partial charge in [0, 0.05) is 23.8 Å². The minimum atomic E-state index is -0.367. The SMILES string of the molecule is CC.Cc1cn(CC(C)(C)CC(C)(C)N)c(=O)[nH]c1=O. The molecule has 0 amide bonds. The fourth-order valence-corrected chi connectivity index (χ4v) is 2.49. The highest BCUT2D eigenvalue weighted by atomic mass is 16.2. The summed E-state index contributed by atoms with van der Waals surface area (Å²) in [5.74, 6) is 0. The van der Waals surface area contributed by atoms with Gasteiger partial charge in [0.15, 0.2) is 0 Å². The second-order valence-electron chi connectivity index (χ2n) is 6.53. The second-order valence-corrected chi connectivity index (χ2v) is 6.53. The average molecular weight is 283 g/mol. The van der Waals surface area contributed by atoms with Crippen LogP contribution in [0.4, 0.5) is 0 Å². The van der Waals surface area contributed by atoms with E-state index in [1.807, 2.05) is 27.7 Å². The number of nitrogens with one attached hydrogen (secondary N) is 1. The van der Waals surface area contributed by atoms with E-state index in [0.29, 0.717) is 12.1 Å². The van der Waals surface area contributed by atoms with Crippen LogP contribution in [0.25, 0.3) is 0 Å². The lowest BCUT2D eigenvalue weighted by atomic mass is 9.80. The van der Waals surface area contributed by atoms with Crippen LogP contribution in [0.3, 0.4) is 0 Å². The van der Waals surface area contributed by atoms with Crippen molar-refractivity contribution in [3.63, 3.8) is 0 Å². The van der Waals surface area contributed by atoms with Crippen molar-refractivity contribution < 1.29 is 0 Å². The quantitative estimate of drug-likeness (QED) is 0.887. The smallest absolute Gasteiger partial charge is 0.326 e. The maximum absolute atomic E-state index is 11.7. The Kier molecular flexibility index (Phi) is 6.41. The van der Waals surface area contributed by atoms with E-state index >= 15 is 0 Å². The minimum Gasteiger partial charge on any atom is -0.326 e. The Morgan fingerprint density at radius 1 is 1.20 bits per heavy atom. The van der Waals surface area contributed by atoms with Gasteiger partial charge in [0.25, 0.3) is 5.56 Å². The van der Waals surface area contributed by atoms with Gasteiger partial charge in [0.2, 0.25) is 0 Å². The predicted molar refractivity (Wildman–Crippen MR) is 84.1 cm³/mol. The molecule has 0 fully saturated rings. The van der Waals surface area contributed by atoms with Crippen LogP contribution in [-0.4, -0.2) is 15.1 Å². The molecule has 1 rings (SSSR count). The lowest BCUT2D eigenvalue weighted by Gasteiger charge is -2.32. The van der Waals surface area contributed by atoms with Crippen molar-refractivity contribution in [2.24, 2.45) is 11.1 Å². The molecule has 3 N–H and O–H groups in total. The third-order valence-corrected chi connectivity index (χ3v) is 2.72. The maximum Gasteiger partial charge on any atom is 0.328 e. The molecule has 0 spiro atoms. The fourth-order valence-electron chi connectivity index (χ4n) is 2.49. The first-order valence-electron chi connectivity index (χ1n) is 7.09. The number of nitrogens with two attached hydrogens (primary N) is 1. The molecule has 5 nitrogen and oxygen atoms in total. The molecule has 0 aliphatic rings. The van der Waals surface area contributed by atoms with Gasteiger partial charge >= 0.3 is 5.69 Å². The second kappa shape index (κ2) is 6.88. The first-order valence-corrected chi connectivity index (χ1v) is 7.09. The van der Waals surface area contributed by atoms with Gasteiger partial charge in [-0.15, -0.1) is 0 Å². The molecular formula is C15H29N3O2. The Balaban J connectivity index is 0.00000172. The molecule has 0 aliphatic heterocycles. The van der Waals surface area contributed by atoms with E-state index in [0.717, 1.165) is 6.42 Å². The summed E-state index contributed by atoms with van der Waals surface area (Å²) in [6.45, 7) is 14.3. The molecule has 0 saturated carbocycles. The van der Waals surface area contributed by atoms with Gasteiger partial charge in [-0.3, -0.25) is 14.3 Å². The number of rotatable bonds is 4. The molecule has 0 atom stereocenters. The van der Waals surface area contributed by atoms with E-state index in [4.69, 9.17) is 5.73 Å². The zero-order valence-corrected chi connectivity index (χ0v) is 13.8. The van der Waals surface area contributed by atoms with Gasteiger partial charge in [-0.25, -0.2) is 4.79 Å². The van der Waals surface area contributed by atoms with Crippen molar-refractivity contribution in [2.45, 2.75) is 67.0 Å². The summed E-state index contributed by atoms with van der Waals surface area (Å²) in [7, 11) is 0. The largest absolute Gasteiger partial charge is 0.328 e. The molecule has 1 aromatic heterocycles. The summed E-state index contributed by atoms with van der Waals surface area (Å²) < 4.78 is 1.54. The first kappa shape index (κ1) is 18.6. The lowest BCUT2D eigenvalue weighted by molar-refractivity contribution is 0.220. The molecule has 0 aliphatic carbocycles. The number of nitrogens with zero attached hydrogens (tertiary/aromatic N) is 1. The molecule has 0 bridgehead atoms. The monoisotopic (exact) mass is 283 g/mol. The van der Waals surface area contributed by atoms with E-state index in [1.165, 1.54) is 0 Å². The van der Waals surface area contributed by atoms with Crippen LogP contribution in [0.1, 0.15) is 53.5 Å². The normalized spacial score (nSPS) is 11.8. The Hall–Kier alpha value is -1.36. The van der Waals surface area contributed by atoms with Crippen molar-refractivity contribution in [1.82, 2.24) is 9.55 Å². The van der Waals surface area contributed by atoms with E-state index in [9.17, 15) is 9.59 Å². The molecule has 1 aromatic rings. The molecule has 20 heavy (non-hydrogen) atoms. The average Bonchev–Trinajstić information content (AvgIpc) is 2.25. The zero-order valence-electron chi connectivity index (χ0n) is 13.8. The Bertz CT molecular complexity index is 533. The number of aromatic amines is 1. The summed E-state index contributed by atoms with van der Waals surface area (Å²) in [6, 6.07) is 0. The Labute approximate surface area is 121 Å². The maximum atomic E-state index is 11.7. The number of aryl methyl sites for hydroxylation is 1. The summed E-state index contributed by atoms with van der Waals surface area (Å²) in [5.41, 5.74) is 5.46. The third-order valence-electron chi connectivity index (χ3n) is 2.72. The van der Waals surface area contributed by atoms with E-state index in [2.05, 4.69) is 18.8 Å². The third kappa shape index (κ3) is 6.19. The van der Waals surface area contributed by atoms with Gasteiger partial charge in [-0.2, -0.15) is 0 Å². The summed E-state index contributed by atoms with van der Waals surface area (Å²) in [6.07, 6.45) is 2.39. The molecule has 5 heteroatoms. The molecule has 0 aromatic carbocycles. The minimum absolute atomic E-state index is 0.118. The lowest BCUT2D eigenvalue weighted by Crippen LogP contribution is -2.41. The number of hydrogen-bond acceptors (Lipinski definition) is 3. The molecular weight excluding hydrogens is 254 g/mol. The molecule has 1 heterocycles. The van der Waals surface area contributed by atoms with Crippen LogP contribution in [-0.2, 0) is 6.54 Å². The number of hydrogen-bond donors (Lipinski definition) is 2. The fraction of sp³-hybridized carbons (Fsp3) is 0.733. The standard InChI is InChI=1S/C13H23N3O2.C2H6/c1-9-6-16(11(18)15-10(9)17)8-12(2,3)7-13(4,5)14;1-2/h6H,7-8,14H2,1-5H3,(H,15,17,18);1-2H3. The number of aromatic nitrogens is 2. The predicted octanol–water partition coefficient (Wildman–Crippen LogP) is 2.02. The van der Waals surface area contributed by atoms with Crippen LogP contribution in [0, 0.1) is 12.3 Å². The van der Waals surface area contributed by atoms with Crippen molar-refractivity contribution in [2.75, 3.05) is 0 Å². The Morgan fingerprint density at radius 3 is 2.15 bits per heavy atom. The topological polar surface area (TPSA) is 80.9 Å². The Morgan fingerprint density at radius 2 is 1.70 bits per heavy atom. The summed E-state index contributed by atoms with van der Waals surface area (Å²) >= 11 is 0. The molecule has 116 valence electrons. The molecule has 0 unspecified atom stereocenters. The van der Waals surface area contributed by atoms with Gasteiger partial charge in [-0.05, 0) is 32.6 Å². The van der Waals surface area contributed by atoms with Gasteiger partial charge in [-0.1, -0.05) is 27.7 Å². The van der Waals surface area contributed by atoms with Gasteiger partial charge in [0.05, 0.1) is 0 Å². The van der Waals surface area contributed by atoms with E-state index in [1.54, 1.807) is 17.7 Å². The summed E-state index contributed by atoms with van der Waals surface area (Å²) in [5, 5.41) is 0. The number of H-pyrrole nitrogens is 1. The molecule has 0 radical (unpaired) electrons. The highest BCUT2D eigenvalue weighted by molar-refractivity contribution is 5.01. The van der Waals surface area contributed by atoms with E-state index < -0.39 is 0 Å². The van der Waals surface area contributed by atoms with Crippen molar-refractivity contribution >= 4 is 0 Å². The first-order chi connectivity index (χ1) is 9.00. The zero-order chi connectivity index (χ0) is 16.1. The van der Waals surface area contributed by atoms with Crippen LogP contribution in [0.2, 0.25) is 0 Å². The summed E-state index contributed by atoms with van der Waals surface area (Å²) in [4.78, 5) is 25.3. The van der Waals surface area contributed by atoms with Crippen LogP contribution in [0.5, 0.6) is 0 Å². The van der Waals surface area contributed by atoms with Crippen molar-refractivity contribution in [3.05, 3.63) is 32.6 Å². The molecule has 0 saturated heterocycles. The van der Waals surface area contributed by atoms with Crippen molar-refractivity contribution in [1.29, 1.82) is 0 Å². The van der Waals surface area contributed by atoms with Crippen LogP contribution < -0.4 is 17.0 Å². The van der Waals surface area contributed by atoms with E-state index in [-0.39, 0.29) is 22.2 Å². The van der Waals surface area contributed by atoms with Crippen LogP contribution in [0.15, 0.2) is 15.8 Å². The van der Waals surface area contributed by atoms with Gasteiger partial charge in [0.1, 0.15) is 0 Å².